The summed E-state index contributed by atoms with van der Waals surface area (Å²) in [7, 11) is 0. The van der Waals surface area contributed by atoms with Crippen LogP contribution in [0.15, 0.2) is 41.4 Å². The van der Waals surface area contributed by atoms with Crippen LogP contribution in [0, 0.1) is 0 Å². The zero-order valence-electron chi connectivity index (χ0n) is 9.63. The van der Waals surface area contributed by atoms with Crippen molar-refractivity contribution in [3.8, 4) is 5.75 Å². The highest BCUT2D eigenvalue weighted by Crippen LogP contribution is 2.06. The maximum absolute atomic E-state index is 5.52. The second-order valence-corrected chi connectivity index (χ2v) is 4.45. The second kappa shape index (κ2) is 7.04. The lowest BCUT2D eigenvalue weighted by Crippen LogP contribution is -2.23. The highest BCUT2D eigenvalue weighted by atomic mass is 32.1. The molecule has 0 saturated carbocycles. The lowest BCUT2D eigenvalue weighted by atomic mass is 10.2. The molecular weight excluding hydrogens is 232 g/mol. The topological polar surface area (TPSA) is 34.1 Å². The highest BCUT2D eigenvalue weighted by Gasteiger charge is 1.94. The van der Waals surface area contributed by atoms with E-state index in [-0.39, 0.29) is 0 Å². The molecule has 0 aliphatic carbocycles. The molecule has 0 unspecified atom stereocenters. The fraction of sp³-hybridized carbons (Fsp3) is 0.308. The monoisotopic (exact) mass is 248 g/mol. The molecule has 4 heteroatoms. The van der Waals surface area contributed by atoms with Gasteiger partial charge in [0.2, 0.25) is 0 Å². The molecule has 0 amide bonds. The normalized spacial score (nSPS) is 10.4. The quantitative estimate of drug-likeness (QED) is 0.764. The molecule has 0 saturated heterocycles. The Hall–Kier alpha value is -1.39. The summed E-state index contributed by atoms with van der Waals surface area (Å²) in [4.78, 5) is 3.99. The van der Waals surface area contributed by atoms with Crippen LogP contribution in [0.25, 0.3) is 0 Å². The summed E-state index contributed by atoms with van der Waals surface area (Å²) >= 11 is 1.75. The number of nitrogens with zero attached hydrogens (tertiary/aromatic N) is 1. The Bertz CT molecular complexity index is 403. The van der Waals surface area contributed by atoms with Gasteiger partial charge in [-0.2, -0.15) is 11.3 Å². The van der Waals surface area contributed by atoms with Gasteiger partial charge in [0.25, 0.3) is 0 Å². The predicted molar refractivity (Wildman–Crippen MR) is 70.6 cm³/mol. The SMILES string of the molecule is c1cncc(OCCNCCc2ccsc2)c1. The van der Waals surface area contributed by atoms with Crippen LogP contribution in [-0.4, -0.2) is 24.7 Å². The fourth-order valence-corrected chi connectivity index (χ4v) is 2.17. The van der Waals surface area contributed by atoms with Crippen LogP contribution in [0.5, 0.6) is 5.75 Å². The average Bonchev–Trinajstić information content (AvgIpc) is 2.88. The van der Waals surface area contributed by atoms with Crippen LogP contribution >= 0.6 is 11.3 Å². The van der Waals surface area contributed by atoms with Crippen molar-refractivity contribution in [1.29, 1.82) is 0 Å². The summed E-state index contributed by atoms with van der Waals surface area (Å²) in [6.45, 7) is 2.53. The molecule has 1 N–H and O–H groups in total. The molecule has 2 rings (SSSR count). The van der Waals surface area contributed by atoms with Gasteiger partial charge in [0.05, 0.1) is 6.20 Å². The third kappa shape index (κ3) is 4.54. The second-order valence-electron chi connectivity index (χ2n) is 3.67. The number of aromatic nitrogens is 1. The van der Waals surface area contributed by atoms with Crippen molar-refractivity contribution in [2.24, 2.45) is 0 Å². The first kappa shape index (κ1) is 12.1. The average molecular weight is 248 g/mol. The van der Waals surface area contributed by atoms with Crippen LogP contribution < -0.4 is 10.1 Å². The summed E-state index contributed by atoms with van der Waals surface area (Å²) in [5.74, 6) is 0.826. The summed E-state index contributed by atoms with van der Waals surface area (Å²) in [6.07, 6.45) is 4.55. The van der Waals surface area contributed by atoms with Gasteiger partial charge in [-0.3, -0.25) is 4.98 Å². The summed E-state index contributed by atoms with van der Waals surface area (Å²) in [5, 5.41) is 7.65. The Morgan fingerprint density at radius 2 is 2.29 bits per heavy atom. The predicted octanol–water partition coefficient (Wildman–Crippen LogP) is 2.35. The number of thiophene rings is 1. The molecule has 17 heavy (non-hydrogen) atoms. The Kier molecular flexibility index (Phi) is 5.00. The molecule has 0 bridgehead atoms. The maximum atomic E-state index is 5.52. The molecule has 0 aliphatic rings. The molecule has 0 radical (unpaired) electrons. The number of pyridine rings is 1. The van der Waals surface area contributed by atoms with Crippen molar-refractivity contribution in [2.75, 3.05) is 19.7 Å². The molecule has 0 fully saturated rings. The van der Waals surface area contributed by atoms with Gasteiger partial charge in [-0.25, -0.2) is 0 Å². The minimum absolute atomic E-state index is 0.676. The van der Waals surface area contributed by atoms with Gasteiger partial charge < -0.3 is 10.1 Å². The van der Waals surface area contributed by atoms with Gasteiger partial charge in [0.1, 0.15) is 12.4 Å². The molecule has 90 valence electrons. The van der Waals surface area contributed by atoms with E-state index in [9.17, 15) is 0 Å². The van der Waals surface area contributed by atoms with Gasteiger partial charge in [-0.05, 0) is 47.5 Å². The number of nitrogens with one attached hydrogen (secondary N) is 1. The summed E-state index contributed by atoms with van der Waals surface area (Å²) < 4.78 is 5.52. The zero-order valence-corrected chi connectivity index (χ0v) is 10.5. The molecule has 2 heterocycles. The number of hydrogen-bond donors (Lipinski definition) is 1. The largest absolute Gasteiger partial charge is 0.491 e. The van der Waals surface area contributed by atoms with Gasteiger partial charge in [0.15, 0.2) is 0 Å². The minimum atomic E-state index is 0.676. The Labute approximate surface area is 105 Å². The van der Waals surface area contributed by atoms with Crippen LogP contribution in [-0.2, 0) is 6.42 Å². The summed E-state index contributed by atoms with van der Waals surface area (Å²) in [5.41, 5.74) is 1.40. The van der Waals surface area contributed by atoms with Crippen molar-refractivity contribution >= 4 is 11.3 Å². The Morgan fingerprint density at radius 1 is 1.29 bits per heavy atom. The van der Waals surface area contributed by atoms with Gasteiger partial charge >= 0.3 is 0 Å². The van der Waals surface area contributed by atoms with Crippen LogP contribution in [0.4, 0.5) is 0 Å². The molecule has 0 aromatic carbocycles. The van der Waals surface area contributed by atoms with E-state index in [2.05, 4.69) is 27.1 Å². The number of hydrogen-bond acceptors (Lipinski definition) is 4. The third-order valence-corrected chi connectivity index (χ3v) is 3.08. The number of rotatable bonds is 7. The lowest BCUT2D eigenvalue weighted by molar-refractivity contribution is 0.313. The van der Waals surface area contributed by atoms with E-state index < -0.39 is 0 Å². The van der Waals surface area contributed by atoms with Gasteiger partial charge in [-0.15, -0.1) is 0 Å². The third-order valence-electron chi connectivity index (χ3n) is 2.35. The molecule has 3 nitrogen and oxygen atoms in total. The molecule has 0 atom stereocenters. The van der Waals surface area contributed by atoms with Crippen LogP contribution in [0.2, 0.25) is 0 Å². The van der Waals surface area contributed by atoms with Crippen molar-refractivity contribution in [2.45, 2.75) is 6.42 Å². The molecule has 0 spiro atoms. The first-order chi connectivity index (χ1) is 8.45. The van der Waals surface area contributed by atoms with Crippen LogP contribution in [0.1, 0.15) is 5.56 Å². The molecule has 2 aromatic rings. The van der Waals surface area contributed by atoms with E-state index in [1.54, 1.807) is 23.7 Å². The molecular formula is C13H16N2OS. The van der Waals surface area contributed by atoms with Gasteiger partial charge in [0, 0.05) is 12.7 Å². The van der Waals surface area contributed by atoms with Crippen molar-refractivity contribution in [3.05, 3.63) is 46.9 Å². The first-order valence-electron chi connectivity index (χ1n) is 5.70. The minimum Gasteiger partial charge on any atom is -0.491 e. The zero-order chi connectivity index (χ0) is 11.8. The van der Waals surface area contributed by atoms with Crippen molar-refractivity contribution < 1.29 is 4.74 Å². The first-order valence-corrected chi connectivity index (χ1v) is 6.64. The van der Waals surface area contributed by atoms with Crippen molar-refractivity contribution in [1.82, 2.24) is 10.3 Å². The standard InChI is InChI=1S/C13H16N2OS/c1-2-13(10-15-5-1)16-8-7-14-6-3-12-4-9-17-11-12/h1-2,4-5,9-11,14H,3,6-8H2. The number of ether oxygens (including phenoxy) is 1. The highest BCUT2D eigenvalue weighted by molar-refractivity contribution is 7.07. The maximum Gasteiger partial charge on any atom is 0.137 e. The summed E-state index contributed by atoms with van der Waals surface area (Å²) in [6, 6.07) is 5.95. The van der Waals surface area contributed by atoms with E-state index in [1.165, 1.54) is 5.56 Å². The molecule has 2 aromatic heterocycles. The Morgan fingerprint density at radius 3 is 3.06 bits per heavy atom. The van der Waals surface area contributed by atoms with E-state index in [0.29, 0.717) is 6.61 Å². The van der Waals surface area contributed by atoms with Gasteiger partial charge in [-0.1, -0.05) is 0 Å². The molecule has 0 aliphatic heterocycles. The lowest BCUT2D eigenvalue weighted by Gasteiger charge is -2.06. The smallest absolute Gasteiger partial charge is 0.137 e. The van der Waals surface area contributed by atoms with Crippen LogP contribution in [0.3, 0.4) is 0 Å². The van der Waals surface area contributed by atoms with E-state index in [1.807, 2.05) is 12.1 Å². The van der Waals surface area contributed by atoms with E-state index in [4.69, 9.17) is 4.74 Å². The van der Waals surface area contributed by atoms with E-state index >= 15 is 0 Å². The Balaban J connectivity index is 1.52. The fourth-order valence-electron chi connectivity index (χ4n) is 1.47. The van der Waals surface area contributed by atoms with Crippen molar-refractivity contribution in [3.63, 3.8) is 0 Å². The van der Waals surface area contributed by atoms with E-state index in [0.717, 1.165) is 25.3 Å².